The summed E-state index contributed by atoms with van der Waals surface area (Å²) in [5.74, 6) is -3.19. The molecule has 0 aliphatic heterocycles. The molecule has 124 valence electrons. The zero-order chi connectivity index (χ0) is 18.2. The first-order valence-electron chi connectivity index (χ1n) is 6.02. The molecular weight excluding hydrogens is 328 g/mol. The first-order chi connectivity index (χ1) is 10.6. The van der Waals surface area contributed by atoms with Gasteiger partial charge in [-0.15, -0.1) is 11.3 Å². The Morgan fingerprint density at radius 2 is 1.83 bits per heavy atom. The molecule has 9 nitrogen and oxygen atoms in total. The smallest absolute Gasteiger partial charge is 0.346 e. The largest absolute Gasteiger partial charge is 0.481 e. The summed E-state index contributed by atoms with van der Waals surface area (Å²) in [7, 11) is 0. The van der Waals surface area contributed by atoms with E-state index in [-0.39, 0.29) is 27.5 Å². The summed E-state index contributed by atoms with van der Waals surface area (Å²) in [4.78, 5) is 42.4. The average molecular weight is 342 g/mol. The number of nitriles is 1. The molecule has 0 unspecified atom stereocenters. The SMILES string of the molecule is CC(=O)O.Cc1c(C(=O)O)sc(N(CC=O)CC(=O)O)c1C#N. The molecule has 0 saturated carbocycles. The number of nitrogens with zero attached hydrogens (tertiary/aromatic N) is 2. The van der Waals surface area contributed by atoms with E-state index in [9.17, 15) is 14.4 Å². The van der Waals surface area contributed by atoms with Gasteiger partial charge in [-0.25, -0.2) is 4.79 Å². The van der Waals surface area contributed by atoms with Crippen LogP contribution in [0.2, 0.25) is 0 Å². The lowest BCUT2D eigenvalue weighted by Gasteiger charge is -2.18. The maximum absolute atomic E-state index is 11.0. The van der Waals surface area contributed by atoms with Crippen molar-refractivity contribution >= 4 is 40.5 Å². The molecule has 0 atom stereocenters. The molecule has 0 bridgehead atoms. The van der Waals surface area contributed by atoms with E-state index in [1.54, 1.807) is 0 Å². The van der Waals surface area contributed by atoms with Crippen molar-refractivity contribution < 1.29 is 34.5 Å². The summed E-state index contributed by atoms with van der Waals surface area (Å²) in [6.45, 7) is 1.86. The van der Waals surface area contributed by atoms with Crippen molar-refractivity contribution in [1.29, 1.82) is 5.26 Å². The van der Waals surface area contributed by atoms with E-state index in [0.717, 1.165) is 23.2 Å². The summed E-state index contributed by atoms with van der Waals surface area (Å²) in [5.41, 5.74) is 0.363. The highest BCUT2D eigenvalue weighted by molar-refractivity contribution is 7.18. The molecule has 0 fully saturated rings. The number of carboxylic acids is 3. The number of aldehydes is 1. The molecule has 0 amide bonds. The Balaban J connectivity index is 0.00000108. The molecule has 0 radical (unpaired) electrons. The zero-order valence-corrected chi connectivity index (χ0v) is 13.1. The Labute approximate surface area is 135 Å². The number of aromatic carboxylic acids is 1. The standard InChI is InChI=1S/C11H10N2O5S.C2H4O2/c1-6-7(4-12)10(19-9(6)11(17)18)13(2-3-14)5-8(15)16;1-2(3)4/h3H,2,5H2,1H3,(H,15,16)(H,17,18);1H3,(H,3,4). The van der Waals surface area contributed by atoms with Gasteiger partial charge in [0.25, 0.3) is 5.97 Å². The van der Waals surface area contributed by atoms with Gasteiger partial charge < -0.3 is 25.0 Å². The maximum Gasteiger partial charge on any atom is 0.346 e. The number of aliphatic carboxylic acids is 2. The molecular formula is C13H14N2O7S. The summed E-state index contributed by atoms with van der Waals surface area (Å²) < 4.78 is 0. The number of hydrogen-bond acceptors (Lipinski definition) is 7. The van der Waals surface area contributed by atoms with Gasteiger partial charge >= 0.3 is 11.9 Å². The molecule has 10 heteroatoms. The van der Waals surface area contributed by atoms with Crippen molar-refractivity contribution in [2.45, 2.75) is 13.8 Å². The first-order valence-corrected chi connectivity index (χ1v) is 6.84. The zero-order valence-electron chi connectivity index (χ0n) is 12.3. The Kier molecular flexibility index (Phi) is 7.99. The number of anilines is 1. The highest BCUT2D eigenvalue weighted by Gasteiger charge is 2.24. The molecule has 1 heterocycles. The minimum absolute atomic E-state index is 0.0344. The monoisotopic (exact) mass is 342 g/mol. The van der Waals surface area contributed by atoms with Crippen molar-refractivity contribution in [3.05, 3.63) is 16.0 Å². The van der Waals surface area contributed by atoms with E-state index in [1.807, 2.05) is 6.07 Å². The summed E-state index contributed by atoms with van der Waals surface area (Å²) in [6, 6.07) is 1.85. The number of hydrogen-bond donors (Lipinski definition) is 3. The van der Waals surface area contributed by atoms with E-state index in [1.165, 1.54) is 6.92 Å². The molecule has 0 aliphatic carbocycles. The van der Waals surface area contributed by atoms with Gasteiger partial charge in [0, 0.05) is 6.92 Å². The summed E-state index contributed by atoms with van der Waals surface area (Å²) in [5, 5.41) is 34.4. The normalized spacial score (nSPS) is 9.09. The van der Waals surface area contributed by atoms with Crippen LogP contribution < -0.4 is 4.90 Å². The van der Waals surface area contributed by atoms with Gasteiger partial charge in [-0.05, 0) is 12.5 Å². The van der Waals surface area contributed by atoms with Crippen LogP contribution >= 0.6 is 11.3 Å². The van der Waals surface area contributed by atoms with Gasteiger partial charge in [0.1, 0.15) is 28.8 Å². The van der Waals surface area contributed by atoms with E-state index < -0.39 is 24.5 Å². The van der Waals surface area contributed by atoms with Gasteiger partial charge in [-0.2, -0.15) is 5.26 Å². The lowest BCUT2D eigenvalue weighted by atomic mass is 10.1. The molecule has 0 aromatic carbocycles. The third kappa shape index (κ3) is 6.15. The van der Waals surface area contributed by atoms with Crippen LogP contribution in [0.3, 0.4) is 0 Å². The topological polar surface area (TPSA) is 156 Å². The van der Waals surface area contributed by atoms with Crippen LogP contribution in [-0.4, -0.2) is 52.6 Å². The summed E-state index contributed by atoms with van der Waals surface area (Å²) >= 11 is 0.791. The Morgan fingerprint density at radius 3 is 2.17 bits per heavy atom. The van der Waals surface area contributed by atoms with Gasteiger partial charge in [0.2, 0.25) is 0 Å². The van der Waals surface area contributed by atoms with Crippen LogP contribution in [0.25, 0.3) is 0 Å². The van der Waals surface area contributed by atoms with Gasteiger partial charge in [0.15, 0.2) is 0 Å². The van der Waals surface area contributed by atoms with Crippen LogP contribution in [0.5, 0.6) is 0 Å². The predicted molar refractivity (Wildman–Crippen MR) is 80.0 cm³/mol. The van der Waals surface area contributed by atoms with Crippen LogP contribution in [-0.2, 0) is 14.4 Å². The Bertz CT molecular complexity index is 656. The van der Waals surface area contributed by atoms with Crippen LogP contribution in [0.1, 0.15) is 27.7 Å². The van der Waals surface area contributed by atoms with Crippen molar-refractivity contribution in [1.82, 2.24) is 0 Å². The fourth-order valence-corrected chi connectivity index (χ4v) is 2.63. The molecule has 1 aromatic heterocycles. The van der Waals surface area contributed by atoms with Crippen LogP contribution in [0.15, 0.2) is 0 Å². The maximum atomic E-state index is 11.0. The van der Waals surface area contributed by atoms with Gasteiger partial charge in [0.05, 0.1) is 12.1 Å². The lowest BCUT2D eigenvalue weighted by Crippen LogP contribution is -2.31. The molecule has 3 N–H and O–H groups in total. The van der Waals surface area contributed by atoms with Crippen LogP contribution in [0.4, 0.5) is 5.00 Å². The highest BCUT2D eigenvalue weighted by atomic mass is 32.1. The number of carbonyl (C=O) groups excluding carboxylic acids is 1. The lowest BCUT2D eigenvalue weighted by molar-refractivity contribution is -0.136. The number of thiophene rings is 1. The van der Waals surface area contributed by atoms with E-state index in [2.05, 4.69) is 0 Å². The molecule has 1 rings (SSSR count). The van der Waals surface area contributed by atoms with Crippen molar-refractivity contribution in [3.63, 3.8) is 0 Å². The van der Waals surface area contributed by atoms with Crippen molar-refractivity contribution in [2.24, 2.45) is 0 Å². The fraction of sp³-hybridized carbons (Fsp3) is 0.308. The van der Waals surface area contributed by atoms with E-state index >= 15 is 0 Å². The number of rotatable bonds is 6. The van der Waals surface area contributed by atoms with Crippen molar-refractivity contribution in [2.75, 3.05) is 18.0 Å². The van der Waals surface area contributed by atoms with E-state index in [4.69, 9.17) is 25.4 Å². The fourth-order valence-electron chi connectivity index (χ4n) is 1.53. The minimum atomic E-state index is -1.19. The molecule has 0 spiro atoms. The second-order valence-electron chi connectivity index (χ2n) is 4.11. The third-order valence-electron chi connectivity index (χ3n) is 2.34. The Morgan fingerprint density at radius 1 is 1.30 bits per heavy atom. The second kappa shape index (κ2) is 9.16. The van der Waals surface area contributed by atoms with Crippen molar-refractivity contribution in [3.8, 4) is 6.07 Å². The van der Waals surface area contributed by atoms with Crippen LogP contribution in [0, 0.1) is 18.3 Å². The molecule has 0 aliphatic rings. The predicted octanol–water partition coefficient (Wildman–Crippen LogP) is 0.807. The third-order valence-corrected chi connectivity index (χ3v) is 3.68. The van der Waals surface area contributed by atoms with E-state index in [0.29, 0.717) is 6.29 Å². The molecule has 0 saturated heterocycles. The minimum Gasteiger partial charge on any atom is -0.481 e. The molecule has 23 heavy (non-hydrogen) atoms. The number of carboxylic acid groups (broad SMARTS) is 3. The second-order valence-corrected chi connectivity index (χ2v) is 5.11. The Hall–Kier alpha value is -2.93. The highest BCUT2D eigenvalue weighted by Crippen LogP contribution is 2.35. The van der Waals surface area contributed by atoms with Gasteiger partial charge in [-0.3, -0.25) is 9.59 Å². The van der Waals surface area contributed by atoms with Gasteiger partial charge in [-0.1, -0.05) is 0 Å². The first kappa shape index (κ1) is 20.1. The number of carbonyl (C=O) groups is 4. The molecule has 1 aromatic rings. The average Bonchev–Trinajstić information content (AvgIpc) is 2.74. The quantitative estimate of drug-likeness (QED) is 0.636. The summed E-state index contributed by atoms with van der Waals surface area (Å²) in [6.07, 6.45) is 0.500.